The number of nitrogens with zero attached hydrogens (tertiary/aromatic N) is 7. The van der Waals surface area contributed by atoms with Gasteiger partial charge in [0.15, 0.2) is 17.5 Å². The Kier molecular flexibility index (Phi) is 8.68. The van der Waals surface area contributed by atoms with E-state index in [4.69, 9.17) is 22.1 Å². The normalized spacial score (nSPS) is 18.7. The molecular weight excluding hydrogens is 574 g/mol. The van der Waals surface area contributed by atoms with Crippen LogP contribution in [0.25, 0.3) is 0 Å². The van der Waals surface area contributed by atoms with E-state index in [1.807, 2.05) is 0 Å². The topological polar surface area (TPSA) is 228 Å². The van der Waals surface area contributed by atoms with Gasteiger partial charge in [-0.05, 0) is 16.0 Å². The number of fused-ring (bicyclic) bond motifs is 1. The van der Waals surface area contributed by atoms with Gasteiger partial charge in [-0.15, -0.1) is 34.6 Å². The number of hydrogen-bond acceptors (Lipinski definition) is 14. The number of thiazole rings is 1. The van der Waals surface area contributed by atoms with Crippen LogP contribution in [0.2, 0.25) is 0 Å². The molecule has 0 spiro atoms. The van der Waals surface area contributed by atoms with Crippen LogP contribution < -0.4 is 11.1 Å². The molecule has 0 radical (unpaired) electrons. The Morgan fingerprint density at radius 2 is 2.18 bits per heavy atom. The molecule has 2 aromatic heterocycles. The molecule has 1 fully saturated rings. The van der Waals surface area contributed by atoms with Crippen LogP contribution in [0.4, 0.5) is 5.13 Å². The number of nitrogens with one attached hydrogen (secondary N) is 1. The third kappa shape index (κ3) is 6.13. The monoisotopic (exact) mass is 593 g/mol. The Morgan fingerprint density at radius 1 is 1.38 bits per heavy atom. The predicted octanol–water partition coefficient (Wildman–Crippen LogP) is -0.929. The molecule has 1 saturated heterocycles. The second kappa shape index (κ2) is 12.1. The molecule has 0 saturated carbocycles. The average Bonchev–Trinajstić information content (AvgIpc) is 3.54. The summed E-state index contributed by atoms with van der Waals surface area (Å²) in [6, 6.07) is -1.02. The van der Waals surface area contributed by atoms with Crippen molar-refractivity contribution in [1.82, 2.24) is 35.4 Å². The highest BCUT2D eigenvalue weighted by atomic mass is 32.2. The molecule has 0 bridgehead atoms. The summed E-state index contributed by atoms with van der Waals surface area (Å²) in [5.41, 5.74) is 5.80. The molecule has 0 aromatic carbocycles. The lowest BCUT2D eigenvalue weighted by atomic mass is 10.0. The van der Waals surface area contributed by atoms with E-state index >= 15 is 0 Å². The van der Waals surface area contributed by atoms with E-state index in [1.165, 1.54) is 21.8 Å². The number of aryl methyl sites for hydroxylation is 1. The van der Waals surface area contributed by atoms with E-state index < -0.39 is 35.2 Å². The highest BCUT2D eigenvalue weighted by Gasteiger charge is 2.54. The minimum absolute atomic E-state index is 0.0465. The summed E-state index contributed by atoms with van der Waals surface area (Å²) < 4.78 is 1.31. The number of nitrogen functional groups attached to an aromatic ring is 1. The lowest BCUT2D eigenvalue weighted by Crippen LogP contribution is -2.71. The number of terminal acetylenes is 1. The SMILES string of the molecule is C#CCO/N=C(/C(=O)NC1C(=O)N2C(C(=O)O)=C(CSc3nnnn3CCC(=O)O)CS[C@H]12)c1csc(N)n1. The van der Waals surface area contributed by atoms with Crippen LogP contribution in [0.3, 0.4) is 0 Å². The van der Waals surface area contributed by atoms with Crippen LogP contribution in [0.15, 0.2) is 27.0 Å². The number of β-lactam (4-membered cyclic amide) rings is 1. The smallest absolute Gasteiger partial charge is 0.352 e. The number of hydrogen-bond donors (Lipinski definition) is 4. The molecular formula is C20H19N9O7S3. The molecule has 2 amide bonds. The maximum absolute atomic E-state index is 13.0. The van der Waals surface area contributed by atoms with Gasteiger partial charge in [0.05, 0.1) is 13.0 Å². The predicted molar refractivity (Wildman–Crippen MR) is 138 cm³/mol. The summed E-state index contributed by atoms with van der Waals surface area (Å²) in [5, 5.41) is 37.5. The van der Waals surface area contributed by atoms with Crippen molar-refractivity contribution >= 4 is 69.5 Å². The summed E-state index contributed by atoms with van der Waals surface area (Å²) >= 11 is 3.47. The van der Waals surface area contributed by atoms with Crippen LogP contribution in [-0.4, -0.2) is 99.3 Å². The quantitative estimate of drug-likeness (QED) is 0.0582. The van der Waals surface area contributed by atoms with Gasteiger partial charge in [0.25, 0.3) is 11.8 Å². The van der Waals surface area contributed by atoms with Crippen LogP contribution in [0.1, 0.15) is 12.1 Å². The van der Waals surface area contributed by atoms with Crippen molar-refractivity contribution in [2.45, 2.75) is 29.5 Å². The van der Waals surface area contributed by atoms with Crippen molar-refractivity contribution in [1.29, 1.82) is 0 Å². The number of thioether (sulfide) groups is 2. The third-order valence-electron chi connectivity index (χ3n) is 5.23. The first kappa shape index (κ1) is 27.9. The van der Waals surface area contributed by atoms with Gasteiger partial charge < -0.3 is 26.1 Å². The summed E-state index contributed by atoms with van der Waals surface area (Å²) in [6.07, 6.45) is 4.96. The van der Waals surface area contributed by atoms with Gasteiger partial charge in [0.2, 0.25) is 5.16 Å². The molecule has 16 nitrogen and oxygen atoms in total. The number of tetrazole rings is 1. The Labute approximate surface area is 232 Å². The van der Waals surface area contributed by atoms with Gasteiger partial charge in [-0.25, -0.2) is 14.5 Å². The largest absolute Gasteiger partial charge is 0.481 e. The maximum atomic E-state index is 13.0. The van der Waals surface area contributed by atoms with E-state index in [2.05, 4.69) is 36.9 Å². The Bertz CT molecular complexity index is 1410. The molecule has 19 heteroatoms. The Balaban J connectivity index is 1.47. The molecule has 2 aliphatic rings. The lowest BCUT2D eigenvalue weighted by Gasteiger charge is -2.49. The minimum Gasteiger partial charge on any atom is -0.481 e. The number of nitrogens with two attached hydrogens (primary N) is 1. The number of oxime groups is 1. The van der Waals surface area contributed by atoms with E-state index in [0.29, 0.717) is 10.7 Å². The summed E-state index contributed by atoms with van der Waals surface area (Å²) in [6.45, 7) is -0.157. The van der Waals surface area contributed by atoms with Gasteiger partial charge in [0.1, 0.15) is 22.8 Å². The zero-order valence-electron chi connectivity index (χ0n) is 19.7. The van der Waals surface area contributed by atoms with Crippen molar-refractivity contribution in [2.24, 2.45) is 5.16 Å². The van der Waals surface area contributed by atoms with Crippen molar-refractivity contribution in [3.8, 4) is 12.3 Å². The number of rotatable bonds is 12. The first-order valence-corrected chi connectivity index (χ1v) is 13.8. The number of aromatic nitrogens is 5. The fourth-order valence-electron chi connectivity index (χ4n) is 3.53. The number of carbonyl (C=O) groups is 4. The molecule has 4 rings (SSSR count). The Hall–Kier alpha value is -4.15. The first-order valence-electron chi connectivity index (χ1n) is 10.9. The fourth-order valence-corrected chi connectivity index (χ4v) is 6.47. The molecule has 204 valence electrons. The zero-order valence-corrected chi connectivity index (χ0v) is 22.2. The van der Waals surface area contributed by atoms with Gasteiger partial charge in [0, 0.05) is 16.9 Å². The van der Waals surface area contributed by atoms with E-state index in [-0.39, 0.29) is 53.3 Å². The van der Waals surface area contributed by atoms with Crippen LogP contribution in [-0.2, 0) is 30.6 Å². The number of carbonyl (C=O) groups excluding carboxylic acids is 2. The van der Waals surface area contributed by atoms with Gasteiger partial charge in [-0.2, -0.15) is 0 Å². The second-order valence-corrected chi connectivity index (χ2v) is 10.7. The molecule has 5 N–H and O–H groups in total. The van der Waals surface area contributed by atoms with Crippen LogP contribution >= 0.6 is 34.9 Å². The van der Waals surface area contributed by atoms with Crippen molar-refractivity contribution < 1.29 is 34.2 Å². The number of anilines is 1. The summed E-state index contributed by atoms with van der Waals surface area (Å²) in [7, 11) is 0. The van der Waals surface area contributed by atoms with Crippen molar-refractivity contribution in [3.63, 3.8) is 0 Å². The fraction of sp³-hybridized carbons (Fsp3) is 0.350. The zero-order chi connectivity index (χ0) is 28.1. The second-order valence-electron chi connectivity index (χ2n) is 7.72. The van der Waals surface area contributed by atoms with Crippen LogP contribution in [0, 0.1) is 12.3 Å². The first-order chi connectivity index (χ1) is 18.7. The van der Waals surface area contributed by atoms with Gasteiger partial charge >= 0.3 is 11.9 Å². The van der Waals surface area contributed by atoms with Crippen molar-refractivity contribution in [2.75, 3.05) is 23.8 Å². The molecule has 2 aromatic rings. The van der Waals surface area contributed by atoms with E-state index in [0.717, 1.165) is 28.0 Å². The highest BCUT2D eigenvalue weighted by molar-refractivity contribution is 8.01. The van der Waals surface area contributed by atoms with Gasteiger partial charge in [-0.3, -0.25) is 19.3 Å². The highest BCUT2D eigenvalue weighted by Crippen LogP contribution is 2.41. The molecule has 2 atom stereocenters. The molecule has 39 heavy (non-hydrogen) atoms. The van der Waals surface area contributed by atoms with E-state index in [1.54, 1.807) is 0 Å². The van der Waals surface area contributed by atoms with Crippen molar-refractivity contribution in [3.05, 3.63) is 22.3 Å². The number of amides is 2. The molecule has 2 aliphatic heterocycles. The molecule has 4 heterocycles. The lowest BCUT2D eigenvalue weighted by molar-refractivity contribution is -0.150. The number of carboxylic acid groups (broad SMARTS) is 2. The Morgan fingerprint density at radius 3 is 2.85 bits per heavy atom. The average molecular weight is 594 g/mol. The number of aliphatic carboxylic acids is 2. The molecule has 1 unspecified atom stereocenters. The van der Waals surface area contributed by atoms with E-state index in [9.17, 15) is 24.3 Å². The third-order valence-corrected chi connectivity index (χ3v) is 8.29. The molecule has 0 aliphatic carbocycles. The summed E-state index contributed by atoms with van der Waals surface area (Å²) in [5.74, 6) is -1.10. The standard InChI is InChI=1S/C20H19N9O7S3/c1-2-5-36-25-12(10-8-38-19(21)22-10)15(32)23-13-16(33)29-14(18(34)35)9(6-37-17(13)29)7-39-20-24-26-27-28(20)4-3-11(30)31/h1,8,13,17H,3-7H2,(H2,21,22)(H,23,32)(H,30,31)(H,34,35)/b25-12+/t13?,17-/m1/s1. The van der Waals surface area contributed by atoms with Crippen LogP contribution in [0.5, 0.6) is 0 Å². The number of carboxylic acids is 2. The minimum atomic E-state index is -1.30. The van der Waals surface area contributed by atoms with Gasteiger partial charge in [-0.1, -0.05) is 22.8 Å². The maximum Gasteiger partial charge on any atom is 0.352 e. The summed E-state index contributed by atoms with van der Waals surface area (Å²) in [4.78, 5) is 59.1.